The highest BCUT2D eigenvalue weighted by Crippen LogP contribution is 2.24. The highest BCUT2D eigenvalue weighted by Gasteiger charge is 2.19. The van der Waals surface area contributed by atoms with Crippen LogP contribution in [0.15, 0.2) is 30.3 Å². The first-order chi connectivity index (χ1) is 8.87. The van der Waals surface area contributed by atoms with Gasteiger partial charge in [0.25, 0.3) is 0 Å². The minimum atomic E-state index is 0.283. The van der Waals surface area contributed by atoms with E-state index in [9.17, 15) is 0 Å². The van der Waals surface area contributed by atoms with E-state index in [4.69, 9.17) is 0 Å². The molecule has 0 aliphatic rings. The molecule has 0 N–H and O–H groups in total. The van der Waals surface area contributed by atoms with Gasteiger partial charge in [-0.3, -0.25) is 0 Å². The van der Waals surface area contributed by atoms with Gasteiger partial charge in [0.1, 0.15) is 5.82 Å². The third-order valence-corrected chi connectivity index (χ3v) is 3.34. The van der Waals surface area contributed by atoms with Crippen LogP contribution < -0.4 is 0 Å². The Morgan fingerprint density at radius 2 is 1.68 bits per heavy atom. The average molecular weight is 256 g/mol. The first-order valence-electron chi connectivity index (χ1n) is 6.93. The van der Waals surface area contributed by atoms with E-state index in [2.05, 4.69) is 74.5 Å². The minimum Gasteiger partial charge on any atom is -0.328 e. The van der Waals surface area contributed by atoms with Gasteiger partial charge in [-0.05, 0) is 31.2 Å². The molecular formula is C17H24N2. The molecule has 2 aromatic rings. The smallest absolute Gasteiger partial charge is 0.106 e. The van der Waals surface area contributed by atoms with Crippen LogP contribution in [0, 0.1) is 19.3 Å². The molecule has 0 fully saturated rings. The van der Waals surface area contributed by atoms with Crippen molar-refractivity contribution in [1.29, 1.82) is 0 Å². The number of hydrogen-bond acceptors (Lipinski definition) is 1. The molecule has 1 heterocycles. The van der Waals surface area contributed by atoms with Crippen LogP contribution in [0.5, 0.6) is 0 Å². The van der Waals surface area contributed by atoms with Gasteiger partial charge in [0.2, 0.25) is 0 Å². The molecule has 1 aromatic carbocycles. The summed E-state index contributed by atoms with van der Waals surface area (Å²) in [6.07, 6.45) is 1.06. The van der Waals surface area contributed by atoms with Crippen molar-refractivity contribution in [1.82, 2.24) is 9.55 Å². The fraction of sp³-hybridized carbons (Fsp3) is 0.471. The van der Waals surface area contributed by atoms with Crippen LogP contribution in [0.3, 0.4) is 0 Å². The second kappa shape index (κ2) is 5.20. The summed E-state index contributed by atoms with van der Waals surface area (Å²) in [5, 5.41) is 0. The van der Waals surface area contributed by atoms with E-state index in [1.165, 1.54) is 17.0 Å². The first kappa shape index (κ1) is 13.9. The molecule has 0 aliphatic carbocycles. The summed E-state index contributed by atoms with van der Waals surface area (Å²) >= 11 is 0. The molecule has 0 atom stereocenters. The molecule has 2 heteroatoms. The Bertz CT molecular complexity index is 545. The maximum absolute atomic E-state index is 4.65. The van der Waals surface area contributed by atoms with E-state index in [0.29, 0.717) is 0 Å². The third kappa shape index (κ3) is 3.46. The van der Waals surface area contributed by atoms with Crippen LogP contribution in [0.2, 0.25) is 0 Å². The molecule has 0 saturated heterocycles. The summed E-state index contributed by atoms with van der Waals surface area (Å²) in [7, 11) is 0. The fourth-order valence-electron chi connectivity index (χ4n) is 2.46. The summed E-state index contributed by atoms with van der Waals surface area (Å²) in [5.41, 5.74) is 4.15. The molecule has 19 heavy (non-hydrogen) atoms. The molecule has 0 spiro atoms. The molecule has 0 saturated carbocycles. The van der Waals surface area contributed by atoms with Crippen molar-refractivity contribution in [3.63, 3.8) is 0 Å². The van der Waals surface area contributed by atoms with Crippen LogP contribution >= 0.6 is 0 Å². The lowest BCUT2D eigenvalue weighted by atomic mass is 9.90. The SMILES string of the molecule is Cc1nc(C)n(Cc2ccccc2)c1CC(C)(C)C. The van der Waals surface area contributed by atoms with Gasteiger partial charge in [-0.2, -0.15) is 0 Å². The molecular weight excluding hydrogens is 232 g/mol. The van der Waals surface area contributed by atoms with Crippen LogP contribution in [0.25, 0.3) is 0 Å². The van der Waals surface area contributed by atoms with E-state index < -0.39 is 0 Å². The van der Waals surface area contributed by atoms with E-state index in [0.717, 1.165) is 18.8 Å². The van der Waals surface area contributed by atoms with Gasteiger partial charge in [-0.1, -0.05) is 51.1 Å². The Morgan fingerprint density at radius 1 is 1.05 bits per heavy atom. The van der Waals surface area contributed by atoms with Crippen LogP contribution in [-0.2, 0) is 13.0 Å². The first-order valence-corrected chi connectivity index (χ1v) is 6.93. The Hall–Kier alpha value is -1.57. The molecule has 0 radical (unpaired) electrons. The average Bonchev–Trinajstić information content (AvgIpc) is 2.56. The van der Waals surface area contributed by atoms with E-state index in [1.54, 1.807) is 0 Å². The quantitative estimate of drug-likeness (QED) is 0.807. The summed E-state index contributed by atoms with van der Waals surface area (Å²) in [6.45, 7) is 12.0. The fourth-order valence-corrected chi connectivity index (χ4v) is 2.46. The van der Waals surface area contributed by atoms with E-state index in [-0.39, 0.29) is 5.41 Å². The van der Waals surface area contributed by atoms with Crippen molar-refractivity contribution >= 4 is 0 Å². The maximum Gasteiger partial charge on any atom is 0.106 e. The van der Waals surface area contributed by atoms with Gasteiger partial charge in [0.05, 0.1) is 5.69 Å². The number of benzene rings is 1. The highest BCUT2D eigenvalue weighted by molar-refractivity contribution is 5.21. The van der Waals surface area contributed by atoms with Gasteiger partial charge < -0.3 is 4.57 Å². The monoisotopic (exact) mass is 256 g/mol. The lowest BCUT2D eigenvalue weighted by Crippen LogP contribution is -2.15. The van der Waals surface area contributed by atoms with E-state index in [1.807, 2.05) is 0 Å². The number of aromatic nitrogens is 2. The van der Waals surface area contributed by atoms with Crippen LogP contribution in [-0.4, -0.2) is 9.55 Å². The Kier molecular flexibility index (Phi) is 3.79. The highest BCUT2D eigenvalue weighted by atomic mass is 15.1. The Labute approximate surface area is 116 Å². The van der Waals surface area contributed by atoms with Crippen molar-refractivity contribution in [3.8, 4) is 0 Å². The number of aryl methyl sites for hydroxylation is 2. The summed E-state index contributed by atoms with van der Waals surface area (Å²) in [5.74, 6) is 1.11. The van der Waals surface area contributed by atoms with Crippen LogP contribution in [0.1, 0.15) is 43.5 Å². The number of hydrogen-bond donors (Lipinski definition) is 0. The number of nitrogens with zero attached hydrogens (tertiary/aromatic N) is 2. The van der Waals surface area contributed by atoms with Gasteiger partial charge >= 0.3 is 0 Å². The second-order valence-corrected chi connectivity index (χ2v) is 6.50. The lowest BCUT2D eigenvalue weighted by Gasteiger charge is -2.20. The summed E-state index contributed by atoms with van der Waals surface area (Å²) in [6, 6.07) is 10.6. The zero-order valence-corrected chi connectivity index (χ0v) is 12.7. The topological polar surface area (TPSA) is 17.8 Å². The lowest BCUT2D eigenvalue weighted by molar-refractivity contribution is 0.397. The van der Waals surface area contributed by atoms with Crippen molar-refractivity contribution in [2.45, 2.75) is 47.6 Å². The molecule has 2 nitrogen and oxygen atoms in total. The van der Waals surface area contributed by atoms with E-state index >= 15 is 0 Å². The molecule has 102 valence electrons. The zero-order chi connectivity index (χ0) is 14.0. The summed E-state index contributed by atoms with van der Waals surface area (Å²) in [4.78, 5) is 4.65. The standard InChI is InChI=1S/C17H24N2/c1-13-16(11-17(3,4)5)19(14(2)18-13)12-15-9-7-6-8-10-15/h6-10H,11-12H2,1-5H3. The largest absolute Gasteiger partial charge is 0.328 e. The molecule has 0 aliphatic heterocycles. The minimum absolute atomic E-state index is 0.283. The van der Waals surface area contributed by atoms with Crippen molar-refractivity contribution in [2.75, 3.05) is 0 Å². The van der Waals surface area contributed by atoms with Gasteiger partial charge in [-0.25, -0.2) is 4.98 Å². The molecule has 0 unspecified atom stereocenters. The van der Waals surface area contributed by atoms with Gasteiger partial charge in [-0.15, -0.1) is 0 Å². The van der Waals surface area contributed by atoms with Gasteiger partial charge in [0, 0.05) is 12.2 Å². The Morgan fingerprint density at radius 3 is 2.26 bits per heavy atom. The number of rotatable bonds is 3. The zero-order valence-electron chi connectivity index (χ0n) is 12.7. The molecule has 0 bridgehead atoms. The maximum atomic E-state index is 4.65. The second-order valence-electron chi connectivity index (χ2n) is 6.50. The van der Waals surface area contributed by atoms with Crippen molar-refractivity contribution < 1.29 is 0 Å². The predicted molar refractivity (Wildman–Crippen MR) is 80.4 cm³/mol. The Balaban J connectivity index is 2.34. The number of imidazole rings is 1. The van der Waals surface area contributed by atoms with Crippen LogP contribution in [0.4, 0.5) is 0 Å². The molecule has 0 amide bonds. The molecule has 1 aromatic heterocycles. The summed E-state index contributed by atoms with van der Waals surface area (Å²) < 4.78 is 2.36. The van der Waals surface area contributed by atoms with Gasteiger partial charge in [0.15, 0.2) is 0 Å². The molecule has 2 rings (SSSR count). The predicted octanol–water partition coefficient (Wildman–Crippen LogP) is 4.14. The van der Waals surface area contributed by atoms with Crippen molar-refractivity contribution in [3.05, 3.63) is 53.1 Å². The van der Waals surface area contributed by atoms with Crippen molar-refractivity contribution in [2.24, 2.45) is 5.41 Å². The normalized spacial score (nSPS) is 11.8. The third-order valence-electron chi connectivity index (χ3n) is 3.34.